The van der Waals surface area contributed by atoms with Crippen molar-refractivity contribution in [1.82, 2.24) is 19.8 Å². The Balaban J connectivity index is 2.12. The van der Waals surface area contributed by atoms with Crippen molar-refractivity contribution in [1.29, 1.82) is 0 Å². The van der Waals surface area contributed by atoms with Crippen LogP contribution in [0.2, 0.25) is 0 Å². The lowest BCUT2D eigenvalue weighted by Crippen LogP contribution is -2.33. The van der Waals surface area contributed by atoms with Gasteiger partial charge in [0.15, 0.2) is 0 Å². The van der Waals surface area contributed by atoms with Crippen LogP contribution in [0.1, 0.15) is 26.6 Å². The van der Waals surface area contributed by atoms with Crippen molar-refractivity contribution in [2.75, 3.05) is 32.7 Å². The van der Waals surface area contributed by atoms with Gasteiger partial charge in [-0.25, -0.2) is 4.98 Å². The van der Waals surface area contributed by atoms with E-state index >= 15 is 0 Å². The quantitative estimate of drug-likeness (QED) is 0.660. The van der Waals surface area contributed by atoms with Crippen LogP contribution in [0.4, 0.5) is 0 Å². The summed E-state index contributed by atoms with van der Waals surface area (Å²) in [4.78, 5) is 6.75. The molecule has 0 fully saturated rings. The van der Waals surface area contributed by atoms with Gasteiger partial charge in [-0.2, -0.15) is 0 Å². The molecule has 1 aromatic rings. The molecule has 0 aromatic carbocycles. The van der Waals surface area contributed by atoms with Crippen LogP contribution in [0.25, 0.3) is 0 Å². The van der Waals surface area contributed by atoms with E-state index in [2.05, 4.69) is 46.7 Å². The molecule has 1 heterocycles. The maximum Gasteiger partial charge on any atom is 0.108 e. The summed E-state index contributed by atoms with van der Waals surface area (Å²) in [5, 5.41) is 3.48. The minimum absolute atomic E-state index is 1.01. The molecule has 0 aliphatic heterocycles. The standard InChI is InChI=1S/C13H26N4/c1-4-13-15-9-12-17(13)11-8-14-7-10-16(5-2)6-3/h9,12,14H,4-8,10-11H2,1-3H3. The molecule has 4 heteroatoms. The molecule has 98 valence electrons. The molecular formula is C13H26N4. The normalized spacial score (nSPS) is 11.3. The molecule has 1 aromatic heterocycles. The van der Waals surface area contributed by atoms with Gasteiger partial charge in [0, 0.05) is 45.0 Å². The Morgan fingerprint density at radius 3 is 2.65 bits per heavy atom. The highest BCUT2D eigenvalue weighted by atomic mass is 15.1. The van der Waals surface area contributed by atoms with Crippen LogP contribution < -0.4 is 5.32 Å². The number of imidazole rings is 1. The molecule has 4 nitrogen and oxygen atoms in total. The largest absolute Gasteiger partial charge is 0.334 e. The first-order chi connectivity index (χ1) is 8.31. The molecule has 0 radical (unpaired) electrons. The van der Waals surface area contributed by atoms with Gasteiger partial charge < -0.3 is 14.8 Å². The van der Waals surface area contributed by atoms with Gasteiger partial charge in [0.1, 0.15) is 5.82 Å². The van der Waals surface area contributed by atoms with E-state index in [9.17, 15) is 0 Å². The van der Waals surface area contributed by atoms with Gasteiger partial charge in [0.25, 0.3) is 0 Å². The van der Waals surface area contributed by atoms with E-state index in [1.54, 1.807) is 0 Å². The summed E-state index contributed by atoms with van der Waals surface area (Å²) >= 11 is 0. The van der Waals surface area contributed by atoms with Crippen LogP contribution in [0.15, 0.2) is 12.4 Å². The number of aromatic nitrogens is 2. The van der Waals surface area contributed by atoms with E-state index in [4.69, 9.17) is 0 Å². The third-order valence-corrected chi connectivity index (χ3v) is 3.15. The summed E-state index contributed by atoms with van der Waals surface area (Å²) in [6, 6.07) is 0. The molecule has 0 amide bonds. The summed E-state index contributed by atoms with van der Waals surface area (Å²) in [7, 11) is 0. The van der Waals surface area contributed by atoms with Crippen LogP contribution in [0.3, 0.4) is 0 Å². The highest BCUT2D eigenvalue weighted by Gasteiger charge is 2.00. The Kier molecular flexibility index (Phi) is 6.89. The molecule has 0 saturated heterocycles. The fourth-order valence-corrected chi connectivity index (χ4v) is 1.96. The average Bonchev–Trinajstić information content (AvgIpc) is 2.81. The first-order valence-electron chi connectivity index (χ1n) is 6.74. The molecule has 0 saturated carbocycles. The number of likely N-dealkylation sites (N-methyl/N-ethyl adjacent to an activating group) is 1. The van der Waals surface area contributed by atoms with Gasteiger partial charge >= 0.3 is 0 Å². The van der Waals surface area contributed by atoms with E-state index < -0.39 is 0 Å². The van der Waals surface area contributed by atoms with Crippen LogP contribution in [0.5, 0.6) is 0 Å². The van der Waals surface area contributed by atoms with Gasteiger partial charge in [-0.05, 0) is 13.1 Å². The summed E-state index contributed by atoms with van der Waals surface area (Å²) < 4.78 is 2.23. The van der Waals surface area contributed by atoms with Crippen molar-refractivity contribution >= 4 is 0 Å². The van der Waals surface area contributed by atoms with Gasteiger partial charge in [-0.3, -0.25) is 0 Å². The first-order valence-corrected chi connectivity index (χ1v) is 6.74. The Morgan fingerprint density at radius 1 is 1.24 bits per heavy atom. The fourth-order valence-electron chi connectivity index (χ4n) is 1.96. The summed E-state index contributed by atoms with van der Waals surface area (Å²) in [6.45, 7) is 13.1. The molecule has 0 aliphatic carbocycles. The molecule has 0 aliphatic rings. The van der Waals surface area contributed by atoms with Crippen molar-refractivity contribution in [3.63, 3.8) is 0 Å². The second-order valence-corrected chi connectivity index (χ2v) is 4.17. The maximum absolute atomic E-state index is 4.32. The van der Waals surface area contributed by atoms with E-state index in [-0.39, 0.29) is 0 Å². The van der Waals surface area contributed by atoms with E-state index in [0.717, 1.165) is 45.7 Å². The second kappa shape index (κ2) is 8.25. The Bertz CT molecular complexity index is 291. The average molecular weight is 238 g/mol. The zero-order valence-electron chi connectivity index (χ0n) is 11.4. The van der Waals surface area contributed by atoms with Gasteiger partial charge in [0.2, 0.25) is 0 Å². The number of hydrogen-bond acceptors (Lipinski definition) is 3. The monoisotopic (exact) mass is 238 g/mol. The Labute approximate surface area is 105 Å². The summed E-state index contributed by atoms with van der Waals surface area (Å²) in [5.41, 5.74) is 0. The van der Waals surface area contributed by atoms with Gasteiger partial charge in [-0.1, -0.05) is 20.8 Å². The fraction of sp³-hybridized carbons (Fsp3) is 0.769. The third-order valence-electron chi connectivity index (χ3n) is 3.15. The van der Waals surface area contributed by atoms with Crippen LogP contribution >= 0.6 is 0 Å². The zero-order chi connectivity index (χ0) is 12.5. The van der Waals surface area contributed by atoms with Crippen molar-refractivity contribution in [3.05, 3.63) is 18.2 Å². The number of rotatable bonds is 9. The molecule has 17 heavy (non-hydrogen) atoms. The molecular weight excluding hydrogens is 212 g/mol. The smallest absolute Gasteiger partial charge is 0.108 e. The third kappa shape index (κ3) is 4.88. The lowest BCUT2D eigenvalue weighted by Gasteiger charge is -2.18. The van der Waals surface area contributed by atoms with Gasteiger partial charge in [0.05, 0.1) is 0 Å². The molecule has 0 unspecified atom stereocenters. The lowest BCUT2D eigenvalue weighted by atomic mass is 10.4. The van der Waals surface area contributed by atoms with Crippen LogP contribution in [0, 0.1) is 0 Å². The Morgan fingerprint density at radius 2 is 2.00 bits per heavy atom. The lowest BCUT2D eigenvalue weighted by molar-refractivity contribution is 0.302. The molecule has 1 rings (SSSR count). The van der Waals surface area contributed by atoms with Crippen molar-refractivity contribution < 1.29 is 0 Å². The minimum atomic E-state index is 1.01. The summed E-state index contributed by atoms with van der Waals surface area (Å²) in [6.07, 6.45) is 4.95. The van der Waals surface area contributed by atoms with Crippen molar-refractivity contribution in [2.24, 2.45) is 0 Å². The highest BCUT2D eigenvalue weighted by molar-refractivity contribution is 4.91. The van der Waals surface area contributed by atoms with E-state index in [1.807, 2.05) is 6.20 Å². The summed E-state index contributed by atoms with van der Waals surface area (Å²) in [5.74, 6) is 1.18. The maximum atomic E-state index is 4.32. The number of hydrogen-bond donors (Lipinski definition) is 1. The van der Waals surface area contributed by atoms with Crippen molar-refractivity contribution in [3.8, 4) is 0 Å². The highest BCUT2D eigenvalue weighted by Crippen LogP contribution is 1.97. The number of aryl methyl sites for hydroxylation is 1. The molecule has 0 bridgehead atoms. The topological polar surface area (TPSA) is 33.1 Å². The Hall–Kier alpha value is -0.870. The number of nitrogens with zero attached hydrogens (tertiary/aromatic N) is 3. The molecule has 1 N–H and O–H groups in total. The predicted molar refractivity (Wildman–Crippen MR) is 72.3 cm³/mol. The number of nitrogens with one attached hydrogen (secondary N) is 1. The van der Waals surface area contributed by atoms with Crippen molar-refractivity contribution in [2.45, 2.75) is 33.7 Å². The van der Waals surface area contributed by atoms with E-state index in [0.29, 0.717) is 0 Å². The minimum Gasteiger partial charge on any atom is -0.334 e. The van der Waals surface area contributed by atoms with Crippen LogP contribution in [-0.2, 0) is 13.0 Å². The predicted octanol–water partition coefficient (Wildman–Crippen LogP) is 1.38. The SMILES string of the molecule is CCc1nccn1CCNCCN(CC)CC. The van der Waals surface area contributed by atoms with Crippen LogP contribution in [-0.4, -0.2) is 47.2 Å². The van der Waals surface area contributed by atoms with Gasteiger partial charge in [-0.15, -0.1) is 0 Å². The second-order valence-electron chi connectivity index (χ2n) is 4.17. The first kappa shape index (κ1) is 14.2. The van der Waals surface area contributed by atoms with E-state index in [1.165, 1.54) is 5.82 Å². The molecule has 0 spiro atoms. The molecule has 0 atom stereocenters. The zero-order valence-corrected chi connectivity index (χ0v) is 11.4.